The van der Waals surface area contributed by atoms with Gasteiger partial charge in [0.2, 0.25) is 5.75 Å². The van der Waals surface area contributed by atoms with Gasteiger partial charge in [-0.15, -0.1) is 0 Å². The van der Waals surface area contributed by atoms with E-state index < -0.39 is 0 Å². The van der Waals surface area contributed by atoms with Crippen LogP contribution < -0.4 is 19.5 Å². The van der Waals surface area contributed by atoms with Crippen molar-refractivity contribution in [3.63, 3.8) is 0 Å². The number of rotatable bonds is 5. The highest BCUT2D eigenvalue weighted by molar-refractivity contribution is 6.35. The van der Waals surface area contributed by atoms with Crippen molar-refractivity contribution >= 4 is 34.8 Å². The molecule has 5 nitrogen and oxygen atoms in total. The molecule has 0 saturated carbocycles. The standard InChI is InChI=1S/C16H15Cl2NO4/c1-21-13-7-12(8-14(22-2)15(13)23-3)19-16(20)9-4-10(17)6-11(18)5-9/h4-8H,1-3H3,(H,19,20). The van der Waals surface area contributed by atoms with E-state index in [0.29, 0.717) is 38.5 Å². The molecule has 0 aliphatic rings. The number of benzene rings is 2. The number of nitrogens with one attached hydrogen (secondary N) is 1. The van der Waals surface area contributed by atoms with Crippen LogP contribution in [-0.4, -0.2) is 27.2 Å². The van der Waals surface area contributed by atoms with Gasteiger partial charge in [0.25, 0.3) is 5.91 Å². The van der Waals surface area contributed by atoms with Gasteiger partial charge >= 0.3 is 0 Å². The Balaban J connectivity index is 2.34. The number of carbonyl (C=O) groups excluding carboxylic acids is 1. The van der Waals surface area contributed by atoms with Gasteiger partial charge in [0.05, 0.1) is 21.3 Å². The van der Waals surface area contributed by atoms with Crippen molar-refractivity contribution < 1.29 is 19.0 Å². The molecule has 0 bridgehead atoms. The number of hydrogen-bond donors (Lipinski definition) is 1. The van der Waals surface area contributed by atoms with E-state index in [0.717, 1.165) is 0 Å². The smallest absolute Gasteiger partial charge is 0.255 e. The molecule has 7 heteroatoms. The van der Waals surface area contributed by atoms with Crippen LogP contribution in [0.25, 0.3) is 0 Å². The van der Waals surface area contributed by atoms with Crippen LogP contribution in [0.5, 0.6) is 17.2 Å². The predicted molar refractivity (Wildman–Crippen MR) is 90.5 cm³/mol. The summed E-state index contributed by atoms with van der Waals surface area (Å²) in [5.74, 6) is 0.958. The normalized spacial score (nSPS) is 10.1. The molecule has 0 saturated heterocycles. The van der Waals surface area contributed by atoms with Gasteiger partial charge in [-0.05, 0) is 18.2 Å². The fourth-order valence-electron chi connectivity index (χ4n) is 2.04. The minimum Gasteiger partial charge on any atom is -0.493 e. The van der Waals surface area contributed by atoms with Crippen LogP contribution in [0.1, 0.15) is 10.4 Å². The number of halogens is 2. The van der Waals surface area contributed by atoms with E-state index in [9.17, 15) is 4.79 Å². The lowest BCUT2D eigenvalue weighted by Crippen LogP contribution is -2.12. The van der Waals surface area contributed by atoms with E-state index in [1.54, 1.807) is 18.2 Å². The third-order valence-electron chi connectivity index (χ3n) is 3.05. The van der Waals surface area contributed by atoms with Crippen LogP contribution in [0.4, 0.5) is 5.69 Å². The Labute approximate surface area is 144 Å². The van der Waals surface area contributed by atoms with Crippen LogP contribution in [0, 0.1) is 0 Å². The van der Waals surface area contributed by atoms with Crippen molar-refractivity contribution in [2.45, 2.75) is 0 Å². The Kier molecular flexibility index (Phi) is 5.58. The maximum absolute atomic E-state index is 12.3. The van der Waals surface area contributed by atoms with Crippen LogP contribution >= 0.6 is 23.2 Å². The molecule has 0 radical (unpaired) electrons. The van der Waals surface area contributed by atoms with Crippen LogP contribution in [0.2, 0.25) is 10.0 Å². The SMILES string of the molecule is COc1cc(NC(=O)c2cc(Cl)cc(Cl)c2)cc(OC)c1OC. The van der Waals surface area contributed by atoms with Gasteiger partial charge < -0.3 is 19.5 Å². The summed E-state index contributed by atoms with van der Waals surface area (Å²) < 4.78 is 15.7. The molecule has 0 aromatic heterocycles. The molecule has 2 aromatic rings. The highest BCUT2D eigenvalue weighted by atomic mass is 35.5. The molecule has 0 unspecified atom stereocenters. The largest absolute Gasteiger partial charge is 0.493 e. The quantitative estimate of drug-likeness (QED) is 0.869. The Bertz CT molecular complexity index is 689. The molecule has 0 fully saturated rings. The average Bonchev–Trinajstić information content (AvgIpc) is 2.52. The van der Waals surface area contributed by atoms with Gasteiger partial charge in [-0.1, -0.05) is 23.2 Å². The first-order valence-corrected chi connectivity index (χ1v) is 7.31. The van der Waals surface area contributed by atoms with Crippen molar-refractivity contribution in [2.24, 2.45) is 0 Å². The maximum atomic E-state index is 12.3. The van der Waals surface area contributed by atoms with E-state index in [4.69, 9.17) is 37.4 Å². The van der Waals surface area contributed by atoms with E-state index in [-0.39, 0.29) is 5.91 Å². The first kappa shape index (κ1) is 17.2. The zero-order chi connectivity index (χ0) is 17.0. The molecule has 2 rings (SSSR count). The fraction of sp³-hybridized carbons (Fsp3) is 0.188. The Morgan fingerprint density at radius 3 is 1.83 bits per heavy atom. The second kappa shape index (κ2) is 7.44. The van der Waals surface area contributed by atoms with Crippen molar-refractivity contribution in [3.8, 4) is 17.2 Å². The Hall–Kier alpha value is -2.11. The summed E-state index contributed by atoms with van der Waals surface area (Å²) in [6.45, 7) is 0. The lowest BCUT2D eigenvalue weighted by molar-refractivity contribution is 0.102. The van der Waals surface area contributed by atoms with E-state index >= 15 is 0 Å². The number of anilines is 1. The van der Waals surface area contributed by atoms with Crippen LogP contribution in [-0.2, 0) is 0 Å². The first-order chi connectivity index (χ1) is 11.0. The van der Waals surface area contributed by atoms with Crippen LogP contribution in [0.15, 0.2) is 30.3 Å². The molecule has 0 spiro atoms. The minimum absolute atomic E-state index is 0.344. The summed E-state index contributed by atoms with van der Waals surface area (Å²) >= 11 is 11.8. The molecule has 0 heterocycles. The number of hydrogen-bond acceptors (Lipinski definition) is 4. The first-order valence-electron chi connectivity index (χ1n) is 6.56. The van der Waals surface area contributed by atoms with Crippen molar-refractivity contribution in [3.05, 3.63) is 45.9 Å². The highest BCUT2D eigenvalue weighted by Gasteiger charge is 2.15. The number of carbonyl (C=O) groups is 1. The second-order valence-corrected chi connectivity index (χ2v) is 5.40. The van der Waals surface area contributed by atoms with Crippen molar-refractivity contribution in [1.82, 2.24) is 0 Å². The molecular formula is C16H15Cl2NO4. The maximum Gasteiger partial charge on any atom is 0.255 e. The van der Waals surface area contributed by atoms with Gasteiger partial charge in [-0.2, -0.15) is 0 Å². The summed E-state index contributed by atoms with van der Waals surface area (Å²) in [5, 5.41) is 3.51. The average molecular weight is 356 g/mol. The molecule has 23 heavy (non-hydrogen) atoms. The highest BCUT2D eigenvalue weighted by Crippen LogP contribution is 2.40. The van der Waals surface area contributed by atoms with E-state index in [2.05, 4.69) is 5.32 Å². The molecule has 2 aromatic carbocycles. The van der Waals surface area contributed by atoms with Gasteiger partial charge in [0.1, 0.15) is 0 Å². The summed E-state index contributed by atoms with van der Waals surface area (Å²) in [6.07, 6.45) is 0. The van der Waals surface area contributed by atoms with Gasteiger partial charge in [-0.3, -0.25) is 4.79 Å². The monoisotopic (exact) mass is 355 g/mol. The lowest BCUT2D eigenvalue weighted by Gasteiger charge is -2.14. The van der Waals surface area contributed by atoms with E-state index in [1.165, 1.54) is 33.5 Å². The Morgan fingerprint density at radius 2 is 1.39 bits per heavy atom. The van der Waals surface area contributed by atoms with Gasteiger partial charge in [0.15, 0.2) is 11.5 Å². The van der Waals surface area contributed by atoms with Crippen molar-refractivity contribution in [1.29, 1.82) is 0 Å². The number of amides is 1. The molecular weight excluding hydrogens is 341 g/mol. The zero-order valence-corrected chi connectivity index (χ0v) is 14.3. The van der Waals surface area contributed by atoms with Crippen molar-refractivity contribution in [2.75, 3.05) is 26.6 Å². The third kappa shape index (κ3) is 4.00. The molecule has 1 amide bonds. The van der Waals surface area contributed by atoms with Crippen LogP contribution in [0.3, 0.4) is 0 Å². The van der Waals surface area contributed by atoms with Gasteiger partial charge in [0, 0.05) is 33.4 Å². The second-order valence-electron chi connectivity index (χ2n) is 4.53. The summed E-state index contributed by atoms with van der Waals surface area (Å²) in [5.41, 5.74) is 0.830. The fourth-order valence-corrected chi connectivity index (χ4v) is 2.57. The molecule has 0 aliphatic heterocycles. The summed E-state index contributed by atoms with van der Waals surface area (Å²) in [6, 6.07) is 7.87. The zero-order valence-electron chi connectivity index (χ0n) is 12.8. The molecule has 0 atom stereocenters. The topological polar surface area (TPSA) is 56.8 Å². The molecule has 122 valence electrons. The third-order valence-corrected chi connectivity index (χ3v) is 3.48. The molecule has 1 N–H and O–H groups in total. The minimum atomic E-state index is -0.358. The summed E-state index contributed by atoms with van der Waals surface area (Å²) in [4.78, 5) is 12.3. The number of methoxy groups -OCH3 is 3. The molecule has 0 aliphatic carbocycles. The lowest BCUT2D eigenvalue weighted by atomic mass is 10.2. The van der Waals surface area contributed by atoms with Gasteiger partial charge in [-0.25, -0.2) is 0 Å². The van der Waals surface area contributed by atoms with E-state index in [1.807, 2.05) is 0 Å². The Morgan fingerprint density at radius 1 is 0.870 bits per heavy atom. The summed E-state index contributed by atoms with van der Waals surface area (Å²) in [7, 11) is 4.51. The predicted octanol–water partition coefficient (Wildman–Crippen LogP) is 4.27. The number of ether oxygens (including phenoxy) is 3.